The van der Waals surface area contributed by atoms with Gasteiger partial charge in [-0.15, -0.1) is 22.7 Å². The Morgan fingerprint density at radius 2 is 1.76 bits per heavy atom. The van der Waals surface area contributed by atoms with Crippen molar-refractivity contribution in [1.82, 2.24) is 0 Å². The van der Waals surface area contributed by atoms with Crippen molar-refractivity contribution >= 4 is 65.6 Å². The maximum absolute atomic E-state index is 13.5. The average molecular weight is 543 g/mol. The topological polar surface area (TPSA) is 55.4 Å². The molecule has 0 aliphatic carbocycles. The fourth-order valence-electron chi connectivity index (χ4n) is 3.97. The first-order chi connectivity index (χ1) is 16.0. The van der Waals surface area contributed by atoms with Crippen molar-refractivity contribution in [2.75, 3.05) is 12.4 Å². The Balaban J connectivity index is 1.81. The molecule has 0 aliphatic rings. The van der Waals surface area contributed by atoms with E-state index in [9.17, 15) is 9.59 Å². The highest BCUT2D eigenvalue weighted by molar-refractivity contribution is 9.10. The smallest absolute Gasteiger partial charge is 0.341 e. The first kappa shape index (κ1) is 23.7. The van der Waals surface area contributed by atoms with Crippen LogP contribution in [-0.4, -0.2) is 19.0 Å². The lowest BCUT2D eigenvalue weighted by Gasteiger charge is -2.09. The second-order valence-corrected chi connectivity index (χ2v) is 10.6. The lowest BCUT2D eigenvalue weighted by molar-refractivity contribution is 0.0603. The normalized spacial score (nSPS) is 11.0. The Hall–Kier alpha value is -2.48. The fraction of sp³-hybridized carbons (Fsp3) is 0.231. The molecule has 4 nitrogen and oxygen atoms in total. The number of benzene rings is 2. The molecule has 2 heterocycles. The number of fused-ring (bicyclic) bond motifs is 1. The molecule has 0 saturated heterocycles. The van der Waals surface area contributed by atoms with Gasteiger partial charge in [-0.25, -0.2) is 4.79 Å². The van der Waals surface area contributed by atoms with Gasteiger partial charge in [-0.2, -0.15) is 0 Å². The van der Waals surface area contributed by atoms with Gasteiger partial charge in [0.25, 0.3) is 5.91 Å². The van der Waals surface area contributed by atoms with Crippen LogP contribution in [0.2, 0.25) is 0 Å². The van der Waals surface area contributed by atoms with E-state index in [4.69, 9.17) is 4.74 Å². The number of amides is 1. The van der Waals surface area contributed by atoms with E-state index in [-0.39, 0.29) is 5.91 Å². The molecular formula is C26H24BrNO3S2. The van der Waals surface area contributed by atoms with Gasteiger partial charge in [-0.1, -0.05) is 66.5 Å². The Morgan fingerprint density at radius 3 is 2.42 bits per heavy atom. The summed E-state index contributed by atoms with van der Waals surface area (Å²) in [7, 11) is 1.37. The van der Waals surface area contributed by atoms with Crippen molar-refractivity contribution in [3.8, 4) is 11.1 Å². The van der Waals surface area contributed by atoms with Gasteiger partial charge >= 0.3 is 5.97 Å². The average Bonchev–Trinajstić information content (AvgIpc) is 3.38. The van der Waals surface area contributed by atoms with Crippen LogP contribution in [0, 0.1) is 0 Å². The zero-order chi connectivity index (χ0) is 23.5. The summed E-state index contributed by atoms with van der Waals surface area (Å²) in [5.74, 6) is -0.639. The molecule has 0 aliphatic heterocycles. The Labute approximate surface area is 209 Å². The molecule has 0 saturated carbocycles. The van der Waals surface area contributed by atoms with Crippen LogP contribution in [0.1, 0.15) is 50.7 Å². The number of carbonyl (C=O) groups is 2. The summed E-state index contributed by atoms with van der Waals surface area (Å²) in [4.78, 5) is 28.1. The molecule has 2 aromatic heterocycles. The molecule has 33 heavy (non-hydrogen) atoms. The molecule has 4 aromatic rings. The van der Waals surface area contributed by atoms with E-state index in [0.717, 1.165) is 55.4 Å². The third kappa shape index (κ3) is 4.63. The van der Waals surface area contributed by atoms with Gasteiger partial charge in [-0.3, -0.25) is 4.79 Å². The molecule has 0 radical (unpaired) electrons. The van der Waals surface area contributed by atoms with Crippen molar-refractivity contribution < 1.29 is 14.3 Å². The largest absolute Gasteiger partial charge is 0.465 e. The number of hydrogen-bond donors (Lipinski definition) is 1. The van der Waals surface area contributed by atoms with Gasteiger partial charge in [0.15, 0.2) is 0 Å². The number of carbonyl (C=O) groups excluding carboxylic acids is 2. The van der Waals surface area contributed by atoms with Crippen molar-refractivity contribution in [3.05, 3.63) is 73.9 Å². The fourth-order valence-corrected chi connectivity index (χ4v) is 6.53. The van der Waals surface area contributed by atoms with E-state index < -0.39 is 5.97 Å². The SMILES string of the molecule is CCCc1c(C(=O)Nc2sc(CC)c(-c3ccc(Br)cc3)c2C(=O)OC)sc2ccccc12. The molecule has 1 amide bonds. The summed E-state index contributed by atoms with van der Waals surface area (Å²) < 4.78 is 7.18. The number of anilines is 1. The van der Waals surface area contributed by atoms with Crippen molar-refractivity contribution in [1.29, 1.82) is 0 Å². The van der Waals surface area contributed by atoms with Crippen LogP contribution in [0.5, 0.6) is 0 Å². The first-order valence-corrected chi connectivity index (χ1v) is 13.2. The van der Waals surface area contributed by atoms with E-state index in [0.29, 0.717) is 15.4 Å². The summed E-state index contributed by atoms with van der Waals surface area (Å²) in [5, 5.41) is 4.71. The van der Waals surface area contributed by atoms with Crippen LogP contribution in [0.25, 0.3) is 21.2 Å². The van der Waals surface area contributed by atoms with Gasteiger partial charge in [0.05, 0.1) is 12.0 Å². The molecule has 1 N–H and O–H groups in total. The standard InChI is InChI=1S/C26H24BrNO3S2/c1-4-8-18-17-9-6-7-10-20(17)32-23(18)24(29)28-25-22(26(30)31-3)21(19(5-2)33-25)15-11-13-16(27)14-12-15/h6-7,9-14H,4-5,8H2,1-3H3,(H,28,29). The molecule has 2 aromatic carbocycles. The predicted octanol–water partition coefficient (Wildman–Crippen LogP) is 7.95. The van der Waals surface area contributed by atoms with Gasteiger partial charge in [-0.05, 0) is 47.6 Å². The Kier molecular flexibility index (Phi) is 7.32. The second kappa shape index (κ2) is 10.2. The van der Waals surface area contributed by atoms with Crippen molar-refractivity contribution in [2.24, 2.45) is 0 Å². The third-order valence-corrected chi connectivity index (χ3v) is 8.45. The van der Waals surface area contributed by atoms with Crippen LogP contribution in [-0.2, 0) is 17.6 Å². The van der Waals surface area contributed by atoms with Gasteiger partial charge in [0.2, 0.25) is 0 Å². The molecule has 0 bridgehead atoms. The number of hydrogen-bond acceptors (Lipinski definition) is 5. The highest BCUT2D eigenvalue weighted by Gasteiger charge is 2.27. The quantitative estimate of drug-likeness (QED) is 0.241. The van der Waals surface area contributed by atoms with E-state index in [1.807, 2.05) is 49.4 Å². The van der Waals surface area contributed by atoms with Gasteiger partial charge in [0, 0.05) is 19.6 Å². The van der Waals surface area contributed by atoms with Gasteiger partial charge in [0.1, 0.15) is 10.6 Å². The number of halogens is 1. The lowest BCUT2D eigenvalue weighted by Crippen LogP contribution is -2.14. The number of aryl methyl sites for hydroxylation is 2. The zero-order valence-corrected chi connectivity index (χ0v) is 21.9. The lowest BCUT2D eigenvalue weighted by atomic mass is 10.00. The highest BCUT2D eigenvalue weighted by atomic mass is 79.9. The van der Waals surface area contributed by atoms with E-state index >= 15 is 0 Å². The minimum Gasteiger partial charge on any atom is -0.465 e. The first-order valence-electron chi connectivity index (χ1n) is 10.8. The minimum atomic E-state index is -0.454. The minimum absolute atomic E-state index is 0.184. The number of thiophene rings is 2. The molecule has 0 spiro atoms. The van der Waals surface area contributed by atoms with Crippen LogP contribution in [0.4, 0.5) is 5.00 Å². The molecule has 0 atom stereocenters. The summed E-state index contributed by atoms with van der Waals surface area (Å²) in [6.45, 7) is 4.16. The maximum atomic E-state index is 13.5. The summed E-state index contributed by atoms with van der Waals surface area (Å²) in [6, 6.07) is 15.9. The third-order valence-electron chi connectivity index (χ3n) is 5.46. The number of esters is 1. The summed E-state index contributed by atoms with van der Waals surface area (Å²) in [6.07, 6.45) is 2.51. The van der Waals surface area contributed by atoms with Crippen molar-refractivity contribution in [2.45, 2.75) is 33.1 Å². The number of ether oxygens (including phenoxy) is 1. The van der Waals surface area contributed by atoms with Crippen LogP contribution in [0.3, 0.4) is 0 Å². The van der Waals surface area contributed by atoms with Crippen LogP contribution < -0.4 is 5.32 Å². The van der Waals surface area contributed by atoms with E-state index in [1.54, 1.807) is 0 Å². The van der Waals surface area contributed by atoms with Crippen LogP contribution in [0.15, 0.2) is 53.0 Å². The number of nitrogens with one attached hydrogen (secondary N) is 1. The van der Waals surface area contributed by atoms with Gasteiger partial charge < -0.3 is 10.1 Å². The Morgan fingerprint density at radius 1 is 1.03 bits per heavy atom. The molecule has 4 rings (SSSR count). The predicted molar refractivity (Wildman–Crippen MR) is 142 cm³/mol. The molecule has 0 unspecified atom stereocenters. The Bertz CT molecular complexity index is 1320. The summed E-state index contributed by atoms with van der Waals surface area (Å²) >= 11 is 6.40. The van der Waals surface area contributed by atoms with Crippen molar-refractivity contribution in [3.63, 3.8) is 0 Å². The van der Waals surface area contributed by atoms with E-state index in [1.165, 1.54) is 29.8 Å². The monoisotopic (exact) mass is 541 g/mol. The molecule has 7 heteroatoms. The zero-order valence-electron chi connectivity index (χ0n) is 18.7. The van der Waals surface area contributed by atoms with E-state index in [2.05, 4.69) is 34.2 Å². The molecular weight excluding hydrogens is 518 g/mol. The maximum Gasteiger partial charge on any atom is 0.341 e. The number of rotatable bonds is 7. The highest BCUT2D eigenvalue weighted by Crippen LogP contribution is 2.42. The number of methoxy groups -OCH3 is 1. The molecule has 0 fully saturated rings. The molecule has 170 valence electrons. The van der Waals surface area contributed by atoms with Crippen LogP contribution >= 0.6 is 38.6 Å². The second-order valence-electron chi connectivity index (χ2n) is 7.57. The summed E-state index contributed by atoms with van der Waals surface area (Å²) in [5.41, 5.74) is 3.21.